The van der Waals surface area contributed by atoms with E-state index in [9.17, 15) is 19.7 Å². The minimum absolute atomic E-state index is 0.0327. The molecule has 11 nitrogen and oxygen atoms in total. The van der Waals surface area contributed by atoms with E-state index in [0.717, 1.165) is 6.20 Å². The van der Waals surface area contributed by atoms with Gasteiger partial charge in [-0.2, -0.15) is 10.2 Å². The minimum atomic E-state index is -0.774. The van der Waals surface area contributed by atoms with Crippen molar-refractivity contribution in [2.75, 3.05) is 12.4 Å². The molecule has 11 heteroatoms. The van der Waals surface area contributed by atoms with Gasteiger partial charge in [0, 0.05) is 13.2 Å². The fraction of sp³-hybridized carbons (Fsp3) is 0.385. The number of nitrogens with one attached hydrogen (secondary N) is 1. The highest BCUT2D eigenvalue weighted by atomic mass is 16.6. The first-order chi connectivity index (χ1) is 11.4. The molecule has 0 aliphatic rings. The Morgan fingerprint density at radius 1 is 1.46 bits per heavy atom. The van der Waals surface area contributed by atoms with Crippen LogP contribution in [-0.2, 0) is 16.6 Å². The molecule has 1 atom stereocenters. The topological polar surface area (TPSA) is 134 Å². The van der Waals surface area contributed by atoms with Gasteiger partial charge in [-0.3, -0.25) is 24.3 Å². The van der Waals surface area contributed by atoms with Crippen molar-refractivity contribution in [2.24, 2.45) is 7.05 Å². The SMILES string of the molecule is CCC(C(=O)Nc1cn(C)nc1C(=O)OC)n1cc([N+](=O)[O-])cn1. The number of aryl methyl sites for hydroxylation is 1. The van der Waals surface area contributed by atoms with Crippen molar-refractivity contribution in [1.29, 1.82) is 0 Å². The first kappa shape index (κ1) is 17.1. The van der Waals surface area contributed by atoms with Gasteiger partial charge in [-0.15, -0.1) is 0 Å². The molecule has 0 aliphatic carbocycles. The molecule has 24 heavy (non-hydrogen) atoms. The van der Waals surface area contributed by atoms with Crippen LogP contribution in [0.4, 0.5) is 11.4 Å². The van der Waals surface area contributed by atoms with Crippen molar-refractivity contribution in [1.82, 2.24) is 19.6 Å². The van der Waals surface area contributed by atoms with Gasteiger partial charge in [0.05, 0.1) is 17.7 Å². The van der Waals surface area contributed by atoms with Crippen molar-refractivity contribution < 1.29 is 19.2 Å². The van der Waals surface area contributed by atoms with Crippen LogP contribution in [0.5, 0.6) is 0 Å². The van der Waals surface area contributed by atoms with Gasteiger partial charge in [-0.05, 0) is 6.42 Å². The van der Waals surface area contributed by atoms with Crippen molar-refractivity contribution >= 4 is 23.3 Å². The Labute approximate surface area is 136 Å². The number of ether oxygens (including phenoxy) is 1. The molecule has 0 fully saturated rings. The van der Waals surface area contributed by atoms with Gasteiger partial charge in [-0.1, -0.05) is 6.92 Å². The highest BCUT2D eigenvalue weighted by Gasteiger charge is 2.25. The van der Waals surface area contributed by atoms with Crippen molar-refractivity contribution in [3.8, 4) is 0 Å². The van der Waals surface area contributed by atoms with E-state index in [1.165, 1.54) is 28.9 Å². The molecule has 1 unspecified atom stereocenters. The summed E-state index contributed by atoms with van der Waals surface area (Å²) in [6.45, 7) is 1.74. The number of hydrogen-bond acceptors (Lipinski definition) is 7. The second-order valence-corrected chi connectivity index (χ2v) is 4.91. The first-order valence-electron chi connectivity index (χ1n) is 6.98. The zero-order valence-corrected chi connectivity index (χ0v) is 13.3. The third-order valence-corrected chi connectivity index (χ3v) is 3.27. The second-order valence-electron chi connectivity index (χ2n) is 4.91. The molecule has 2 aromatic rings. The largest absolute Gasteiger partial charge is 0.464 e. The molecule has 2 aromatic heterocycles. The van der Waals surface area contributed by atoms with Crippen LogP contribution in [0.2, 0.25) is 0 Å². The van der Waals surface area contributed by atoms with E-state index < -0.39 is 22.8 Å². The van der Waals surface area contributed by atoms with Gasteiger partial charge in [0.25, 0.3) is 0 Å². The predicted molar refractivity (Wildman–Crippen MR) is 81.4 cm³/mol. The van der Waals surface area contributed by atoms with Crippen molar-refractivity contribution in [2.45, 2.75) is 19.4 Å². The van der Waals surface area contributed by atoms with Crippen LogP contribution in [0.3, 0.4) is 0 Å². The van der Waals surface area contributed by atoms with Gasteiger partial charge in [-0.25, -0.2) is 4.79 Å². The quantitative estimate of drug-likeness (QED) is 0.470. The molecular weight excluding hydrogens is 320 g/mol. The lowest BCUT2D eigenvalue weighted by Crippen LogP contribution is -2.26. The molecule has 0 radical (unpaired) electrons. The monoisotopic (exact) mass is 336 g/mol. The highest BCUT2D eigenvalue weighted by molar-refractivity contribution is 6.00. The molecule has 0 spiro atoms. The molecular formula is C13H16N6O5. The van der Waals surface area contributed by atoms with Crippen LogP contribution in [0.1, 0.15) is 29.9 Å². The standard InChI is InChI=1S/C13H16N6O5/c1-4-10(18-6-8(5-14-18)19(22)23)12(20)15-9-7-17(2)16-11(9)13(21)24-3/h5-7,10H,4H2,1-3H3,(H,15,20). The summed E-state index contributed by atoms with van der Waals surface area (Å²) in [5.41, 5.74) is -0.0537. The normalized spacial score (nSPS) is 11.8. The number of aromatic nitrogens is 4. The Morgan fingerprint density at radius 3 is 2.71 bits per heavy atom. The number of carbonyl (C=O) groups is 2. The number of anilines is 1. The summed E-state index contributed by atoms with van der Waals surface area (Å²) in [5.74, 6) is -1.16. The number of nitrogens with zero attached hydrogens (tertiary/aromatic N) is 5. The zero-order chi connectivity index (χ0) is 17.9. The van der Waals surface area contributed by atoms with Gasteiger partial charge < -0.3 is 10.1 Å². The summed E-state index contributed by atoms with van der Waals surface area (Å²) in [6.07, 6.45) is 4.05. The Kier molecular flexibility index (Phi) is 4.92. The third kappa shape index (κ3) is 3.39. The Balaban J connectivity index is 2.23. The molecule has 0 saturated heterocycles. The molecule has 1 amide bonds. The molecule has 2 rings (SSSR count). The van der Waals surface area contributed by atoms with Crippen LogP contribution in [-0.4, -0.2) is 43.5 Å². The van der Waals surface area contributed by atoms with Crippen LogP contribution >= 0.6 is 0 Å². The van der Waals surface area contributed by atoms with Gasteiger partial charge in [0.1, 0.15) is 18.4 Å². The maximum atomic E-state index is 12.5. The summed E-state index contributed by atoms with van der Waals surface area (Å²) in [6, 6.07) is -0.774. The van der Waals surface area contributed by atoms with E-state index >= 15 is 0 Å². The molecule has 0 saturated carbocycles. The number of amides is 1. The highest BCUT2D eigenvalue weighted by Crippen LogP contribution is 2.20. The van der Waals surface area contributed by atoms with E-state index in [1.807, 2.05) is 0 Å². The Hall–Kier alpha value is -3.24. The Bertz CT molecular complexity index is 780. The predicted octanol–water partition coefficient (Wildman–Crippen LogP) is 0.901. The van der Waals surface area contributed by atoms with E-state index in [4.69, 9.17) is 0 Å². The summed E-state index contributed by atoms with van der Waals surface area (Å²) in [4.78, 5) is 34.3. The smallest absolute Gasteiger partial charge is 0.360 e. The number of hydrogen-bond donors (Lipinski definition) is 1. The number of nitro groups is 1. The number of rotatable bonds is 6. The summed E-state index contributed by atoms with van der Waals surface area (Å²) < 4.78 is 7.19. The molecule has 0 bridgehead atoms. The molecule has 0 aliphatic heterocycles. The number of methoxy groups -OCH3 is 1. The number of carbonyl (C=O) groups excluding carboxylic acids is 2. The van der Waals surface area contributed by atoms with E-state index in [2.05, 4.69) is 20.3 Å². The molecule has 0 aromatic carbocycles. The molecule has 1 N–H and O–H groups in total. The van der Waals surface area contributed by atoms with Gasteiger partial charge in [0.15, 0.2) is 5.69 Å². The molecule has 128 valence electrons. The fourth-order valence-corrected chi connectivity index (χ4v) is 2.13. The fourth-order valence-electron chi connectivity index (χ4n) is 2.13. The van der Waals surface area contributed by atoms with Gasteiger partial charge >= 0.3 is 11.7 Å². The average Bonchev–Trinajstić information content (AvgIpc) is 3.14. The average molecular weight is 336 g/mol. The zero-order valence-electron chi connectivity index (χ0n) is 13.3. The lowest BCUT2D eigenvalue weighted by atomic mass is 10.2. The Morgan fingerprint density at radius 2 is 2.17 bits per heavy atom. The lowest BCUT2D eigenvalue weighted by Gasteiger charge is -2.14. The second kappa shape index (κ2) is 6.89. The first-order valence-corrected chi connectivity index (χ1v) is 6.98. The van der Waals surface area contributed by atoms with Crippen LogP contribution in [0, 0.1) is 10.1 Å². The summed E-state index contributed by atoms with van der Waals surface area (Å²) >= 11 is 0. The minimum Gasteiger partial charge on any atom is -0.464 e. The third-order valence-electron chi connectivity index (χ3n) is 3.27. The van der Waals surface area contributed by atoms with E-state index in [1.54, 1.807) is 14.0 Å². The van der Waals surface area contributed by atoms with Crippen LogP contribution in [0.15, 0.2) is 18.6 Å². The van der Waals surface area contributed by atoms with Crippen LogP contribution in [0.25, 0.3) is 0 Å². The summed E-state index contributed by atoms with van der Waals surface area (Å²) in [7, 11) is 2.80. The van der Waals surface area contributed by atoms with Crippen LogP contribution < -0.4 is 5.32 Å². The van der Waals surface area contributed by atoms with Crippen molar-refractivity contribution in [3.05, 3.63) is 34.4 Å². The number of esters is 1. The van der Waals surface area contributed by atoms with Crippen molar-refractivity contribution in [3.63, 3.8) is 0 Å². The maximum absolute atomic E-state index is 12.5. The maximum Gasteiger partial charge on any atom is 0.360 e. The molecule has 2 heterocycles. The summed E-state index contributed by atoms with van der Waals surface area (Å²) in [5, 5.41) is 21.1. The van der Waals surface area contributed by atoms with E-state index in [-0.39, 0.29) is 17.1 Å². The van der Waals surface area contributed by atoms with Gasteiger partial charge in [0.2, 0.25) is 5.91 Å². The van der Waals surface area contributed by atoms with E-state index in [0.29, 0.717) is 6.42 Å². The lowest BCUT2D eigenvalue weighted by molar-refractivity contribution is -0.385.